The summed E-state index contributed by atoms with van der Waals surface area (Å²) in [6.07, 6.45) is 0. The average Bonchev–Trinajstić information content (AvgIpc) is 2.79. The molecule has 1 aliphatic heterocycles. The molecule has 0 aliphatic carbocycles. The minimum atomic E-state index is -0.159. The van der Waals surface area contributed by atoms with E-state index in [2.05, 4.69) is 20.9 Å². The molecule has 29 heavy (non-hydrogen) atoms. The number of nitrogens with zero attached hydrogens (tertiary/aromatic N) is 3. The highest BCUT2D eigenvalue weighted by Gasteiger charge is 2.21. The smallest absolute Gasteiger partial charge is 0.252 e. The molecule has 1 fully saturated rings. The standard InChI is InChI=1S/C22H24N4O3/c1-28-17-9-7-16(8-10-17)18-15-21(27)24-22(23-18)26-13-11-25(12-14-26)19-5-3-4-6-20(19)29-2/h3-10,15H,11-14H2,1-2H3,(H,23,24,27). The quantitative estimate of drug-likeness (QED) is 0.720. The largest absolute Gasteiger partial charge is 0.497 e. The number of para-hydroxylation sites is 2. The van der Waals surface area contributed by atoms with Crippen molar-refractivity contribution in [2.75, 3.05) is 50.2 Å². The van der Waals surface area contributed by atoms with Crippen LogP contribution in [0.3, 0.4) is 0 Å². The minimum absolute atomic E-state index is 0.159. The van der Waals surface area contributed by atoms with Gasteiger partial charge in [0, 0.05) is 37.8 Å². The molecule has 1 N–H and O–H groups in total. The van der Waals surface area contributed by atoms with Gasteiger partial charge in [0.1, 0.15) is 11.5 Å². The molecule has 7 heteroatoms. The van der Waals surface area contributed by atoms with Crippen LogP contribution in [0.15, 0.2) is 59.4 Å². The van der Waals surface area contributed by atoms with Crippen LogP contribution in [0.4, 0.5) is 11.6 Å². The Bertz CT molecular complexity index is 1020. The topological polar surface area (TPSA) is 70.7 Å². The third-order valence-corrected chi connectivity index (χ3v) is 5.12. The van der Waals surface area contributed by atoms with Gasteiger partial charge in [-0.3, -0.25) is 9.78 Å². The Morgan fingerprint density at radius 2 is 1.59 bits per heavy atom. The zero-order chi connectivity index (χ0) is 20.2. The van der Waals surface area contributed by atoms with Crippen molar-refractivity contribution in [1.82, 2.24) is 9.97 Å². The summed E-state index contributed by atoms with van der Waals surface area (Å²) in [5.41, 5.74) is 2.46. The molecule has 3 aromatic rings. The first-order valence-electron chi connectivity index (χ1n) is 9.56. The van der Waals surface area contributed by atoms with E-state index in [1.165, 1.54) is 6.07 Å². The molecule has 0 radical (unpaired) electrons. The number of benzene rings is 2. The van der Waals surface area contributed by atoms with Gasteiger partial charge >= 0.3 is 0 Å². The first kappa shape index (κ1) is 18.9. The van der Waals surface area contributed by atoms with Gasteiger partial charge < -0.3 is 19.3 Å². The highest BCUT2D eigenvalue weighted by molar-refractivity contribution is 5.62. The lowest BCUT2D eigenvalue weighted by Crippen LogP contribution is -2.47. The van der Waals surface area contributed by atoms with Crippen LogP contribution in [-0.2, 0) is 0 Å². The summed E-state index contributed by atoms with van der Waals surface area (Å²) in [5.74, 6) is 2.24. The van der Waals surface area contributed by atoms with Gasteiger partial charge in [-0.15, -0.1) is 0 Å². The highest BCUT2D eigenvalue weighted by atomic mass is 16.5. The van der Waals surface area contributed by atoms with Gasteiger partial charge in [-0.05, 0) is 36.4 Å². The van der Waals surface area contributed by atoms with Gasteiger partial charge in [-0.1, -0.05) is 12.1 Å². The number of anilines is 2. The van der Waals surface area contributed by atoms with E-state index in [-0.39, 0.29) is 5.56 Å². The third kappa shape index (κ3) is 4.03. The maximum absolute atomic E-state index is 12.2. The Kier molecular flexibility index (Phi) is 5.37. The van der Waals surface area contributed by atoms with Crippen molar-refractivity contribution in [2.24, 2.45) is 0 Å². The van der Waals surface area contributed by atoms with E-state index in [0.29, 0.717) is 11.6 Å². The summed E-state index contributed by atoms with van der Waals surface area (Å²) >= 11 is 0. The zero-order valence-electron chi connectivity index (χ0n) is 16.6. The van der Waals surface area contributed by atoms with Crippen LogP contribution in [-0.4, -0.2) is 50.4 Å². The highest BCUT2D eigenvalue weighted by Crippen LogP contribution is 2.29. The molecular formula is C22H24N4O3. The summed E-state index contributed by atoms with van der Waals surface area (Å²) in [4.78, 5) is 24.2. The molecule has 1 aliphatic rings. The number of nitrogens with one attached hydrogen (secondary N) is 1. The number of methoxy groups -OCH3 is 2. The second-order valence-corrected chi connectivity index (χ2v) is 6.83. The van der Waals surface area contributed by atoms with E-state index in [1.54, 1.807) is 14.2 Å². The predicted octanol–water partition coefficient (Wildman–Crippen LogP) is 2.78. The molecule has 7 nitrogen and oxygen atoms in total. The molecule has 4 rings (SSSR count). The fourth-order valence-corrected chi connectivity index (χ4v) is 3.55. The van der Waals surface area contributed by atoms with Crippen LogP contribution in [0.25, 0.3) is 11.3 Å². The first-order valence-corrected chi connectivity index (χ1v) is 9.56. The van der Waals surface area contributed by atoms with Gasteiger partial charge in [-0.2, -0.15) is 0 Å². The van der Waals surface area contributed by atoms with Crippen molar-refractivity contribution in [1.29, 1.82) is 0 Å². The Morgan fingerprint density at radius 3 is 2.28 bits per heavy atom. The van der Waals surface area contributed by atoms with Crippen molar-refractivity contribution in [3.8, 4) is 22.8 Å². The second kappa shape index (κ2) is 8.26. The average molecular weight is 392 g/mol. The monoisotopic (exact) mass is 392 g/mol. The molecule has 150 valence electrons. The van der Waals surface area contributed by atoms with Crippen molar-refractivity contribution < 1.29 is 9.47 Å². The number of piperazine rings is 1. The SMILES string of the molecule is COc1ccc(-c2cc(=O)[nH]c(N3CCN(c4ccccc4OC)CC3)n2)cc1. The lowest BCUT2D eigenvalue weighted by molar-refractivity contribution is 0.413. The van der Waals surface area contributed by atoms with E-state index < -0.39 is 0 Å². The van der Waals surface area contributed by atoms with E-state index in [4.69, 9.17) is 14.5 Å². The van der Waals surface area contributed by atoms with E-state index in [9.17, 15) is 4.79 Å². The molecule has 0 spiro atoms. The predicted molar refractivity (Wildman–Crippen MR) is 114 cm³/mol. The molecule has 0 bridgehead atoms. The Hall–Kier alpha value is -3.48. The third-order valence-electron chi connectivity index (χ3n) is 5.12. The Balaban J connectivity index is 1.52. The first-order chi connectivity index (χ1) is 14.2. The summed E-state index contributed by atoms with van der Waals surface area (Å²) in [7, 11) is 3.32. The normalized spacial score (nSPS) is 14.0. The lowest BCUT2D eigenvalue weighted by atomic mass is 10.1. The lowest BCUT2D eigenvalue weighted by Gasteiger charge is -2.36. The van der Waals surface area contributed by atoms with Crippen molar-refractivity contribution in [3.63, 3.8) is 0 Å². The van der Waals surface area contributed by atoms with Crippen LogP contribution in [0, 0.1) is 0 Å². The number of H-pyrrole nitrogens is 1. The molecule has 1 saturated heterocycles. The summed E-state index contributed by atoms with van der Waals surface area (Å²) < 4.78 is 10.7. The van der Waals surface area contributed by atoms with Gasteiger partial charge in [0.2, 0.25) is 5.95 Å². The van der Waals surface area contributed by atoms with Crippen LogP contribution in [0.2, 0.25) is 0 Å². The van der Waals surface area contributed by atoms with Crippen molar-refractivity contribution in [3.05, 3.63) is 65.0 Å². The number of hydrogen-bond acceptors (Lipinski definition) is 6. The van der Waals surface area contributed by atoms with E-state index >= 15 is 0 Å². The number of aromatic amines is 1. The van der Waals surface area contributed by atoms with Crippen molar-refractivity contribution >= 4 is 11.6 Å². The molecule has 0 atom stereocenters. The molecule has 2 aromatic carbocycles. The van der Waals surface area contributed by atoms with Crippen LogP contribution < -0.4 is 24.8 Å². The number of ether oxygens (including phenoxy) is 2. The molecule has 1 aromatic heterocycles. The van der Waals surface area contributed by atoms with Crippen LogP contribution >= 0.6 is 0 Å². The summed E-state index contributed by atoms with van der Waals surface area (Å²) in [5, 5.41) is 0. The van der Waals surface area contributed by atoms with E-state index in [1.807, 2.05) is 42.5 Å². The van der Waals surface area contributed by atoms with Gasteiger partial charge in [0.15, 0.2) is 0 Å². The van der Waals surface area contributed by atoms with Crippen molar-refractivity contribution in [2.45, 2.75) is 0 Å². The second-order valence-electron chi connectivity index (χ2n) is 6.83. The maximum Gasteiger partial charge on any atom is 0.252 e. The molecule has 0 unspecified atom stereocenters. The number of hydrogen-bond donors (Lipinski definition) is 1. The number of aromatic nitrogens is 2. The zero-order valence-corrected chi connectivity index (χ0v) is 16.6. The molecule has 2 heterocycles. The minimum Gasteiger partial charge on any atom is -0.497 e. The fraction of sp³-hybridized carbons (Fsp3) is 0.273. The summed E-state index contributed by atoms with van der Waals surface area (Å²) in [6.45, 7) is 3.15. The van der Waals surface area contributed by atoms with Crippen LogP contribution in [0.5, 0.6) is 11.5 Å². The van der Waals surface area contributed by atoms with E-state index in [0.717, 1.165) is 48.9 Å². The van der Waals surface area contributed by atoms with Gasteiger partial charge in [0.05, 0.1) is 25.6 Å². The Labute approximate surface area is 169 Å². The molecule has 0 amide bonds. The fourth-order valence-electron chi connectivity index (χ4n) is 3.55. The Morgan fingerprint density at radius 1 is 0.897 bits per heavy atom. The molecule has 0 saturated carbocycles. The van der Waals surface area contributed by atoms with Gasteiger partial charge in [-0.25, -0.2) is 4.98 Å². The van der Waals surface area contributed by atoms with Crippen LogP contribution in [0.1, 0.15) is 0 Å². The summed E-state index contributed by atoms with van der Waals surface area (Å²) in [6, 6.07) is 17.1. The molecular weight excluding hydrogens is 368 g/mol. The maximum atomic E-state index is 12.2. The number of rotatable bonds is 5. The van der Waals surface area contributed by atoms with Gasteiger partial charge in [0.25, 0.3) is 5.56 Å².